The smallest absolute Gasteiger partial charge is 0.416 e. The Kier molecular flexibility index (Phi) is 6.31. The molecule has 3 rings (SSSR count). The second-order valence-electron chi connectivity index (χ2n) is 7.86. The molecule has 0 amide bonds. The maximum absolute atomic E-state index is 13.1. The van der Waals surface area contributed by atoms with Gasteiger partial charge in [0.1, 0.15) is 24.1 Å². The summed E-state index contributed by atoms with van der Waals surface area (Å²) in [7, 11) is 1.48. The van der Waals surface area contributed by atoms with E-state index in [0.717, 1.165) is 12.1 Å². The molecule has 1 aromatic carbocycles. The molecule has 2 aromatic heterocycles. The van der Waals surface area contributed by atoms with Gasteiger partial charge in [-0.1, -0.05) is 0 Å². The lowest BCUT2D eigenvalue weighted by Gasteiger charge is -2.20. The molecular formula is C21H24F3N5O3. The molecule has 0 aliphatic rings. The van der Waals surface area contributed by atoms with Gasteiger partial charge in [0.2, 0.25) is 0 Å². The van der Waals surface area contributed by atoms with Gasteiger partial charge in [-0.15, -0.1) is 0 Å². The van der Waals surface area contributed by atoms with Crippen molar-refractivity contribution in [2.75, 3.05) is 24.8 Å². The molecule has 3 aromatic rings. The molecule has 172 valence electrons. The first kappa shape index (κ1) is 23.3. The maximum atomic E-state index is 13.1. The minimum atomic E-state index is -4.53. The number of halogens is 3. The third-order valence-electron chi connectivity index (χ3n) is 4.34. The number of anilines is 2. The number of nitrogens with one attached hydrogen (secondary N) is 1. The van der Waals surface area contributed by atoms with E-state index in [9.17, 15) is 18.3 Å². The number of hydrogen-bond acceptors (Lipinski definition) is 8. The minimum Gasteiger partial charge on any atom is -0.493 e. The van der Waals surface area contributed by atoms with Crippen LogP contribution in [0, 0.1) is 6.92 Å². The van der Waals surface area contributed by atoms with Gasteiger partial charge in [-0.2, -0.15) is 13.2 Å². The Morgan fingerprint density at radius 2 is 1.78 bits per heavy atom. The number of rotatable bonds is 7. The van der Waals surface area contributed by atoms with E-state index >= 15 is 0 Å². The summed E-state index contributed by atoms with van der Waals surface area (Å²) >= 11 is 0. The number of aromatic nitrogens is 3. The van der Waals surface area contributed by atoms with Gasteiger partial charge in [0, 0.05) is 11.5 Å². The van der Waals surface area contributed by atoms with Crippen LogP contribution >= 0.6 is 0 Å². The van der Waals surface area contributed by atoms with E-state index in [0.29, 0.717) is 34.0 Å². The predicted molar refractivity (Wildman–Crippen MR) is 114 cm³/mol. The number of aliphatic hydroxyl groups is 1. The van der Waals surface area contributed by atoms with Crippen LogP contribution in [0.1, 0.15) is 30.9 Å². The molecule has 0 radical (unpaired) electrons. The summed E-state index contributed by atoms with van der Waals surface area (Å²) in [5, 5.41) is 13.5. The molecule has 0 bridgehead atoms. The highest BCUT2D eigenvalue weighted by Crippen LogP contribution is 2.35. The molecule has 32 heavy (non-hydrogen) atoms. The number of alkyl halides is 3. The molecule has 0 aliphatic heterocycles. The van der Waals surface area contributed by atoms with Crippen LogP contribution in [0.4, 0.5) is 24.8 Å². The first-order chi connectivity index (χ1) is 14.9. The molecule has 0 atom stereocenters. The van der Waals surface area contributed by atoms with Crippen LogP contribution in [-0.2, 0) is 12.7 Å². The van der Waals surface area contributed by atoms with Crippen molar-refractivity contribution >= 4 is 22.5 Å². The summed E-state index contributed by atoms with van der Waals surface area (Å²) in [4.78, 5) is 12.7. The lowest BCUT2D eigenvalue weighted by atomic mass is 10.1. The highest BCUT2D eigenvalue weighted by molar-refractivity contribution is 5.91. The topological polar surface area (TPSA) is 115 Å². The van der Waals surface area contributed by atoms with Crippen LogP contribution in [-0.4, -0.2) is 39.4 Å². The molecule has 0 unspecified atom stereocenters. The van der Waals surface area contributed by atoms with Gasteiger partial charge < -0.3 is 25.6 Å². The Hall–Kier alpha value is -3.34. The van der Waals surface area contributed by atoms with Crippen molar-refractivity contribution in [2.45, 2.75) is 39.1 Å². The molecule has 0 saturated carbocycles. The van der Waals surface area contributed by atoms with Crippen LogP contribution in [0.3, 0.4) is 0 Å². The Labute approximate surface area is 182 Å². The summed E-state index contributed by atoms with van der Waals surface area (Å²) in [5.74, 6) is 1.37. The molecule has 0 spiro atoms. The van der Waals surface area contributed by atoms with Crippen LogP contribution in [0.5, 0.6) is 11.5 Å². The van der Waals surface area contributed by atoms with Crippen molar-refractivity contribution < 1.29 is 27.8 Å². The van der Waals surface area contributed by atoms with Crippen LogP contribution < -0.4 is 20.5 Å². The fourth-order valence-corrected chi connectivity index (χ4v) is 2.95. The highest BCUT2D eigenvalue weighted by Gasteiger charge is 2.31. The third kappa shape index (κ3) is 5.67. The Morgan fingerprint density at radius 1 is 1.06 bits per heavy atom. The number of hydrogen-bond donors (Lipinski definition) is 3. The zero-order valence-electron chi connectivity index (χ0n) is 18.0. The number of methoxy groups -OCH3 is 1. The van der Waals surface area contributed by atoms with E-state index in [1.54, 1.807) is 32.9 Å². The molecule has 2 heterocycles. The largest absolute Gasteiger partial charge is 0.493 e. The normalized spacial score (nSPS) is 12.1. The van der Waals surface area contributed by atoms with E-state index in [2.05, 4.69) is 20.3 Å². The first-order valence-electron chi connectivity index (χ1n) is 9.65. The van der Waals surface area contributed by atoms with Crippen molar-refractivity contribution in [1.29, 1.82) is 0 Å². The summed E-state index contributed by atoms with van der Waals surface area (Å²) in [5.41, 5.74) is 4.25. The average Bonchev–Trinajstić information content (AvgIpc) is 2.68. The van der Waals surface area contributed by atoms with Crippen molar-refractivity contribution in [3.63, 3.8) is 0 Å². The monoisotopic (exact) mass is 451 g/mol. The summed E-state index contributed by atoms with van der Waals surface area (Å²) in [6.45, 7) is 4.86. The molecule has 4 N–H and O–H groups in total. The summed E-state index contributed by atoms with van der Waals surface area (Å²) < 4.78 is 50.3. The molecule has 0 saturated heterocycles. The first-order valence-corrected chi connectivity index (χ1v) is 9.65. The second kappa shape index (κ2) is 8.65. The Bertz CT molecular complexity index is 1130. The lowest BCUT2D eigenvalue weighted by molar-refractivity contribution is -0.137. The van der Waals surface area contributed by atoms with Crippen molar-refractivity contribution in [2.24, 2.45) is 0 Å². The zero-order valence-corrected chi connectivity index (χ0v) is 18.0. The fraction of sp³-hybridized carbons (Fsp3) is 0.381. The average molecular weight is 451 g/mol. The number of nitrogen functional groups attached to an aromatic ring is 1. The summed E-state index contributed by atoms with van der Waals surface area (Å²) in [6.07, 6.45) is -4.53. The van der Waals surface area contributed by atoms with Crippen molar-refractivity contribution in [3.8, 4) is 11.5 Å². The number of fused-ring (bicyclic) bond motifs is 1. The molecule has 0 fully saturated rings. The van der Waals surface area contributed by atoms with Gasteiger partial charge in [-0.05, 0) is 39.0 Å². The SMILES string of the molecule is COc1cc2nc(C)nc(NCc3cc(C(F)(F)F)cc(N)n3)c2cc1OCC(C)(C)O. The fourth-order valence-electron chi connectivity index (χ4n) is 2.95. The molecule has 8 nitrogen and oxygen atoms in total. The van der Waals surface area contributed by atoms with E-state index in [1.165, 1.54) is 7.11 Å². The number of ether oxygens (including phenoxy) is 2. The number of benzene rings is 1. The highest BCUT2D eigenvalue weighted by atomic mass is 19.4. The van der Waals surface area contributed by atoms with Crippen LogP contribution in [0.15, 0.2) is 24.3 Å². The van der Waals surface area contributed by atoms with Crippen LogP contribution in [0.25, 0.3) is 10.9 Å². The number of aryl methyl sites for hydroxylation is 1. The van der Waals surface area contributed by atoms with Gasteiger partial charge in [0.15, 0.2) is 11.5 Å². The molecule has 11 heteroatoms. The summed E-state index contributed by atoms with van der Waals surface area (Å²) in [6, 6.07) is 5.03. The number of nitrogens with two attached hydrogens (primary N) is 1. The van der Waals surface area contributed by atoms with E-state index in [-0.39, 0.29) is 24.7 Å². The standard InChI is InChI=1S/C21H24F3N5O3/c1-11-27-15-8-16(31-4)17(32-10-20(2,3)30)7-14(15)19(28-11)26-9-13-5-12(21(22,23)24)6-18(25)29-13/h5-8,30H,9-10H2,1-4H3,(H2,25,29)(H,26,27,28). The maximum Gasteiger partial charge on any atom is 0.416 e. The molecule has 0 aliphatic carbocycles. The van der Waals surface area contributed by atoms with Gasteiger partial charge >= 0.3 is 6.18 Å². The van der Waals surface area contributed by atoms with Crippen LogP contribution in [0.2, 0.25) is 0 Å². The van der Waals surface area contributed by atoms with Gasteiger partial charge in [0.25, 0.3) is 0 Å². The third-order valence-corrected chi connectivity index (χ3v) is 4.34. The Morgan fingerprint density at radius 3 is 2.41 bits per heavy atom. The second-order valence-corrected chi connectivity index (χ2v) is 7.86. The van der Waals surface area contributed by atoms with Gasteiger partial charge in [-0.25, -0.2) is 15.0 Å². The minimum absolute atomic E-state index is 0.0117. The predicted octanol–water partition coefficient (Wildman–Crippen LogP) is 3.70. The van der Waals surface area contributed by atoms with Crippen molar-refractivity contribution in [1.82, 2.24) is 15.0 Å². The Balaban J connectivity index is 1.97. The number of nitrogens with zero attached hydrogens (tertiary/aromatic N) is 3. The van der Waals surface area contributed by atoms with E-state index in [1.807, 2.05) is 0 Å². The lowest BCUT2D eigenvalue weighted by Crippen LogP contribution is -2.28. The quantitative estimate of drug-likeness (QED) is 0.498. The van der Waals surface area contributed by atoms with E-state index in [4.69, 9.17) is 15.2 Å². The van der Waals surface area contributed by atoms with E-state index < -0.39 is 17.3 Å². The zero-order chi connectivity index (χ0) is 23.7. The van der Waals surface area contributed by atoms with Gasteiger partial charge in [0.05, 0.1) is 36.0 Å². The number of pyridine rings is 1. The molecular weight excluding hydrogens is 427 g/mol. The van der Waals surface area contributed by atoms with Crippen molar-refractivity contribution in [3.05, 3.63) is 41.3 Å². The van der Waals surface area contributed by atoms with Gasteiger partial charge in [-0.3, -0.25) is 0 Å².